The van der Waals surface area contributed by atoms with Crippen molar-refractivity contribution in [3.8, 4) is 0 Å². The minimum Gasteiger partial charge on any atom is -0.338 e. The highest BCUT2D eigenvalue weighted by atomic mass is 19.1. The van der Waals surface area contributed by atoms with Crippen molar-refractivity contribution in [1.82, 2.24) is 4.90 Å². The van der Waals surface area contributed by atoms with Crippen molar-refractivity contribution in [3.63, 3.8) is 0 Å². The number of piperidine rings is 1. The van der Waals surface area contributed by atoms with E-state index in [2.05, 4.69) is 6.92 Å². The number of halogens is 1. The summed E-state index contributed by atoms with van der Waals surface area (Å²) in [4.78, 5) is 13.9. The number of nitrogens with zero attached hydrogens (tertiary/aromatic N) is 1. The maximum absolute atomic E-state index is 12.7. The van der Waals surface area contributed by atoms with Gasteiger partial charge in [0, 0.05) is 18.7 Å². The standard InChI is InChI=1S/C13H16FNO/c1-10-3-2-8-15(9-10)13(16)11-4-6-12(14)7-5-11/h4-7,10H,2-3,8-9H2,1H3. The van der Waals surface area contributed by atoms with Crippen LogP contribution in [0.3, 0.4) is 0 Å². The van der Waals surface area contributed by atoms with Gasteiger partial charge in [0.05, 0.1) is 0 Å². The number of amides is 1. The summed E-state index contributed by atoms with van der Waals surface area (Å²) in [5, 5.41) is 0. The Balaban J connectivity index is 2.09. The van der Waals surface area contributed by atoms with Crippen molar-refractivity contribution >= 4 is 5.91 Å². The van der Waals surface area contributed by atoms with E-state index in [0.29, 0.717) is 11.5 Å². The fourth-order valence-corrected chi connectivity index (χ4v) is 2.15. The van der Waals surface area contributed by atoms with E-state index in [1.54, 1.807) is 12.1 Å². The first-order valence-corrected chi connectivity index (χ1v) is 5.71. The van der Waals surface area contributed by atoms with Gasteiger partial charge in [-0.2, -0.15) is 0 Å². The number of rotatable bonds is 1. The van der Waals surface area contributed by atoms with Crippen LogP contribution in [0.2, 0.25) is 0 Å². The third kappa shape index (κ3) is 2.40. The molecule has 3 heteroatoms. The van der Waals surface area contributed by atoms with Gasteiger partial charge in [0.2, 0.25) is 0 Å². The second kappa shape index (κ2) is 4.64. The van der Waals surface area contributed by atoms with Gasteiger partial charge < -0.3 is 4.90 Å². The molecule has 0 radical (unpaired) electrons. The topological polar surface area (TPSA) is 20.3 Å². The van der Waals surface area contributed by atoms with Crippen molar-refractivity contribution < 1.29 is 9.18 Å². The number of benzene rings is 1. The lowest BCUT2D eigenvalue weighted by Gasteiger charge is -2.31. The zero-order chi connectivity index (χ0) is 11.5. The second-order valence-electron chi connectivity index (χ2n) is 4.51. The minimum atomic E-state index is -0.302. The third-order valence-corrected chi connectivity index (χ3v) is 3.04. The maximum atomic E-state index is 12.7. The SMILES string of the molecule is CC1CCCN(C(=O)c2ccc(F)cc2)C1. The summed E-state index contributed by atoms with van der Waals surface area (Å²) < 4.78 is 12.7. The predicted octanol–water partition coefficient (Wildman–Crippen LogP) is 2.70. The van der Waals surface area contributed by atoms with Crippen LogP contribution in [0.5, 0.6) is 0 Å². The average Bonchev–Trinajstić information content (AvgIpc) is 2.29. The summed E-state index contributed by atoms with van der Waals surface area (Å²) in [6.45, 7) is 3.79. The molecular weight excluding hydrogens is 205 g/mol. The summed E-state index contributed by atoms with van der Waals surface area (Å²) in [6.07, 6.45) is 2.25. The average molecular weight is 221 g/mol. The fourth-order valence-electron chi connectivity index (χ4n) is 2.15. The van der Waals surface area contributed by atoms with Crippen LogP contribution in [0, 0.1) is 11.7 Å². The lowest BCUT2D eigenvalue weighted by atomic mass is 9.99. The Morgan fingerprint density at radius 1 is 1.38 bits per heavy atom. The molecule has 2 rings (SSSR count). The number of carbonyl (C=O) groups is 1. The Kier molecular flexibility index (Phi) is 3.22. The molecule has 16 heavy (non-hydrogen) atoms. The highest BCUT2D eigenvalue weighted by molar-refractivity contribution is 5.94. The molecule has 0 bridgehead atoms. The molecule has 0 spiro atoms. The maximum Gasteiger partial charge on any atom is 0.253 e. The Bertz CT molecular complexity index is 374. The molecular formula is C13H16FNO. The van der Waals surface area contributed by atoms with Crippen LogP contribution in [-0.2, 0) is 0 Å². The highest BCUT2D eigenvalue weighted by Gasteiger charge is 2.21. The first kappa shape index (κ1) is 11.1. The van der Waals surface area contributed by atoms with E-state index in [1.165, 1.54) is 18.6 Å². The van der Waals surface area contributed by atoms with E-state index in [9.17, 15) is 9.18 Å². The van der Waals surface area contributed by atoms with Crippen LogP contribution in [0.25, 0.3) is 0 Å². The third-order valence-electron chi connectivity index (χ3n) is 3.04. The van der Waals surface area contributed by atoms with Crippen molar-refractivity contribution in [2.24, 2.45) is 5.92 Å². The zero-order valence-corrected chi connectivity index (χ0v) is 9.45. The van der Waals surface area contributed by atoms with Gasteiger partial charge in [-0.25, -0.2) is 4.39 Å². The Morgan fingerprint density at radius 2 is 2.06 bits per heavy atom. The first-order chi connectivity index (χ1) is 7.66. The first-order valence-electron chi connectivity index (χ1n) is 5.71. The zero-order valence-electron chi connectivity index (χ0n) is 9.45. The molecule has 1 saturated heterocycles. The lowest BCUT2D eigenvalue weighted by molar-refractivity contribution is 0.0683. The highest BCUT2D eigenvalue weighted by Crippen LogP contribution is 2.17. The molecule has 0 N–H and O–H groups in total. The van der Waals surface area contributed by atoms with E-state index in [4.69, 9.17) is 0 Å². The molecule has 1 fully saturated rings. The van der Waals surface area contributed by atoms with E-state index in [0.717, 1.165) is 19.5 Å². The van der Waals surface area contributed by atoms with Gasteiger partial charge in [-0.3, -0.25) is 4.79 Å². The molecule has 1 atom stereocenters. The molecule has 2 nitrogen and oxygen atoms in total. The van der Waals surface area contributed by atoms with Crippen LogP contribution >= 0.6 is 0 Å². The number of carbonyl (C=O) groups excluding carboxylic acids is 1. The monoisotopic (exact) mass is 221 g/mol. The van der Waals surface area contributed by atoms with E-state index in [-0.39, 0.29) is 11.7 Å². The quantitative estimate of drug-likeness (QED) is 0.714. The molecule has 1 aromatic carbocycles. The molecule has 86 valence electrons. The van der Waals surface area contributed by atoms with Gasteiger partial charge in [-0.1, -0.05) is 6.92 Å². The summed E-state index contributed by atoms with van der Waals surface area (Å²) >= 11 is 0. The van der Waals surface area contributed by atoms with Gasteiger partial charge in [-0.05, 0) is 43.0 Å². The minimum absolute atomic E-state index is 0.0200. The fraction of sp³-hybridized carbons (Fsp3) is 0.462. The smallest absolute Gasteiger partial charge is 0.253 e. The summed E-state index contributed by atoms with van der Waals surface area (Å²) in [7, 11) is 0. The van der Waals surface area contributed by atoms with Crippen molar-refractivity contribution in [2.75, 3.05) is 13.1 Å². The van der Waals surface area contributed by atoms with Gasteiger partial charge in [0.25, 0.3) is 5.91 Å². The largest absolute Gasteiger partial charge is 0.338 e. The Hall–Kier alpha value is -1.38. The summed E-state index contributed by atoms with van der Waals surface area (Å²) in [6, 6.07) is 5.77. The molecule has 1 aliphatic heterocycles. The molecule has 0 aliphatic carbocycles. The van der Waals surface area contributed by atoms with Gasteiger partial charge in [0.1, 0.15) is 5.82 Å². The molecule has 1 aliphatic rings. The van der Waals surface area contributed by atoms with E-state index < -0.39 is 0 Å². The van der Waals surface area contributed by atoms with Crippen molar-refractivity contribution in [3.05, 3.63) is 35.6 Å². The number of hydrogen-bond donors (Lipinski definition) is 0. The van der Waals surface area contributed by atoms with Crippen molar-refractivity contribution in [2.45, 2.75) is 19.8 Å². The second-order valence-corrected chi connectivity index (χ2v) is 4.51. The van der Waals surface area contributed by atoms with Crippen LogP contribution in [-0.4, -0.2) is 23.9 Å². The molecule has 1 aromatic rings. The summed E-state index contributed by atoms with van der Waals surface area (Å²) in [5.74, 6) is 0.285. The predicted molar refractivity (Wildman–Crippen MR) is 60.7 cm³/mol. The van der Waals surface area contributed by atoms with E-state index >= 15 is 0 Å². The molecule has 1 amide bonds. The number of likely N-dealkylation sites (tertiary alicyclic amines) is 1. The molecule has 0 saturated carbocycles. The summed E-state index contributed by atoms with van der Waals surface area (Å²) in [5.41, 5.74) is 0.579. The Morgan fingerprint density at radius 3 is 2.69 bits per heavy atom. The van der Waals surface area contributed by atoms with Gasteiger partial charge in [-0.15, -0.1) is 0 Å². The lowest BCUT2D eigenvalue weighted by Crippen LogP contribution is -2.39. The Labute approximate surface area is 95.1 Å². The molecule has 1 unspecified atom stereocenters. The van der Waals surface area contributed by atoms with Crippen LogP contribution in [0.15, 0.2) is 24.3 Å². The van der Waals surface area contributed by atoms with Gasteiger partial charge in [0.15, 0.2) is 0 Å². The van der Waals surface area contributed by atoms with Crippen LogP contribution in [0.4, 0.5) is 4.39 Å². The van der Waals surface area contributed by atoms with Gasteiger partial charge >= 0.3 is 0 Å². The van der Waals surface area contributed by atoms with Crippen molar-refractivity contribution in [1.29, 1.82) is 0 Å². The van der Waals surface area contributed by atoms with Crippen LogP contribution in [0.1, 0.15) is 30.1 Å². The molecule has 0 aromatic heterocycles. The van der Waals surface area contributed by atoms with Crippen LogP contribution < -0.4 is 0 Å². The van der Waals surface area contributed by atoms with E-state index in [1.807, 2.05) is 4.90 Å². The number of hydrogen-bond acceptors (Lipinski definition) is 1. The molecule has 1 heterocycles. The normalized spacial score (nSPS) is 20.9.